The third-order valence-electron chi connectivity index (χ3n) is 4.55. The minimum absolute atomic E-state index is 0.0976. The van der Waals surface area contributed by atoms with Crippen molar-refractivity contribution in [3.63, 3.8) is 0 Å². The lowest BCUT2D eigenvalue weighted by Crippen LogP contribution is -2.44. The molecule has 0 heterocycles. The Hall–Kier alpha value is -1.55. The molecule has 1 fully saturated rings. The summed E-state index contributed by atoms with van der Waals surface area (Å²) in [6.07, 6.45) is 3.65. The van der Waals surface area contributed by atoms with Gasteiger partial charge < -0.3 is 15.7 Å². The van der Waals surface area contributed by atoms with E-state index in [-0.39, 0.29) is 17.6 Å². The van der Waals surface area contributed by atoms with E-state index in [9.17, 15) is 9.90 Å². The molecule has 0 radical (unpaired) electrons. The van der Waals surface area contributed by atoms with Crippen molar-refractivity contribution >= 4 is 6.03 Å². The first-order chi connectivity index (χ1) is 10.5. The molecule has 2 unspecified atom stereocenters. The maximum atomic E-state index is 12.0. The van der Waals surface area contributed by atoms with Crippen LogP contribution in [-0.2, 0) is 5.41 Å². The molecule has 0 bridgehead atoms. The summed E-state index contributed by atoms with van der Waals surface area (Å²) in [4.78, 5) is 12.0. The van der Waals surface area contributed by atoms with Crippen molar-refractivity contribution in [2.75, 3.05) is 13.1 Å². The van der Waals surface area contributed by atoms with Crippen LogP contribution < -0.4 is 10.6 Å². The maximum Gasteiger partial charge on any atom is 0.314 e. The first-order valence-corrected chi connectivity index (χ1v) is 8.22. The highest BCUT2D eigenvalue weighted by molar-refractivity contribution is 5.73. The van der Waals surface area contributed by atoms with E-state index in [0.717, 1.165) is 25.7 Å². The van der Waals surface area contributed by atoms with E-state index in [0.29, 0.717) is 19.0 Å². The molecule has 0 aliphatic heterocycles. The second-order valence-corrected chi connectivity index (χ2v) is 7.00. The molecule has 1 aliphatic rings. The fraction of sp³-hybridized carbons (Fsp3) is 0.611. The zero-order chi connectivity index (χ0) is 16.0. The number of amides is 2. The van der Waals surface area contributed by atoms with Crippen molar-refractivity contribution < 1.29 is 9.90 Å². The second kappa shape index (κ2) is 7.63. The number of carbonyl (C=O) groups excluding carboxylic acids is 1. The molecular weight excluding hydrogens is 276 g/mol. The van der Waals surface area contributed by atoms with E-state index in [1.165, 1.54) is 5.56 Å². The summed E-state index contributed by atoms with van der Waals surface area (Å²) in [6, 6.07) is 10.1. The number of urea groups is 1. The van der Waals surface area contributed by atoms with E-state index in [4.69, 9.17) is 0 Å². The molecule has 1 aliphatic carbocycles. The molecule has 4 nitrogen and oxygen atoms in total. The largest absolute Gasteiger partial charge is 0.393 e. The third-order valence-corrected chi connectivity index (χ3v) is 4.55. The van der Waals surface area contributed by atoms with E-state index in [2.05, 4.69) is 36.6 Å². The summed E-state index contributed by atoms with van der Waals surface area (Å²) in [6.45, 7) is 5.49. The first-order valence-electron chi connectivity index (χ1n) is 8.22. The SMILES string of the molecule is CC(C)(CNC(=O)NCC1CCCC(O)C1)c1ccccc1. The zero-order valence-electron chi connectivity index (χ0n) is 13.6. The standard InChI is InChI=1S/C18H28N2O2/c1-18(2,15-8-4-3-5-9-15)13-20-17(22)19-12-14-7-6-10-16(21)11-14/h3-5,8-9,14,16,21H,6-7,10-13H2,1-2H3,(H2,19,20,22). The quantitative estimate of drug-likeness (QED) is 0.783. The molecule has 4 heteroatoms. The van der Waals surface area contributed by atoms with Gasteiger partial charge in [0, 0.05) is 18.5 Å². The van der Waals surface area contributed by atoms with Gasteiger partial charge in [-0.25, -0.2) is 4.79 Å². The van der Waals surface area contributed by atoms with Gasteiger partial charge in [0.15, 0.2) is 0 Å². The van der Waals surface area contributed by atoms with E-state index in [1.807, 2.05) is 18.2 Å². The second-order valence-electron chi connectivity index (χ2n) is 7.00. The maximum absolute atomic E-state index is 12.0. The summed E-state index contributed by atoms with van der Waals surface area (Å²) in [5.74, 6) is 0.400. The van der Waals surface area contributed by atoms with Crippen LogP contribution in [0.5, 0.6) is 0 Å². The van der Waals surface area contributed by atoms with Crippen LogP contribution in [-0.4, -0.2) is 30.3 Å². The number of rotatable bonds is 5. The molecule has 0 aromatic heterocycles. The topological polar surface area (TPSA) is 61.4 Å². The van der Waals surface area contributed by atoms with Crippen molar-refractivity contribution in [1.82, 2.24) is 10.6 Å². The highest BCUT2D eigenvalue weighted by Crippen LogP contribution is 2.23. The van der Waals surface area contributed by atoms with Crippen LogP contribution in [0.4, 0.5) is 4.79 Å². The molecule has 0 spiro atoms. The Labute approximate surface area is 133 Å². The van der Waals surface area contributed by atoms with Crippen LogP contribution in [0.2, 0.25) is 0 Å². The van der Waals surface area contributed by atoms with E-state index in [1.54, 1.807) is 0 Å². The predicted molar refractivity (Wildman–Crippen MR) is 88.8 cm³/mol. The van der Waals surface area contributed by atoms with Crippen molar-refractivity contribution in [1.29, 1.82) is 0 Å². The minimum Gasteiger partial charge on any atom is -0.393 e. The Bertz CT molecular complexity index is 473. The lowest BCUT2D eigenvalue weighted by molar-refractivity contribution is 0.101. The minimum atomic E-state index is -0.194. The summed E-state index contributed by atoms with van der Waals surface area (Å²) in [5.41, 5.74) is 1.12. The number of aliphatic hydroxyl groups is 1. The molecule has 3 N–H and O–H groups in total. The Balaban J connectivity index is 1.73. The molecule has 1 saturated carbocycles. The molecule has 1 aromatic rings. The summed E-state index contributed by atoms with van der Waals surface area (Å²) >= 11 is 0. The van der Waals surface area contributed by atoms with Crippen LogP contribution >= 0.6 is 0 Å². The van der Waals surface area contributed by atoms with Crippen LogP contribution in [0, 0.1) is 5.92 Å². The molecule has 22 heavy (non-hydrogen) atoms. The zero-order valence-corrected chi connectivity index (χ0v) is 13.6. The van der Waals surface area contributed by atoms with Gasteiger partial charge in [0.25, 0.3) is 0 Å². The normalized spacial score (nSPS) is 22.1. The molecular formula is C18H28N2O2. The van der Waals surface area contributed by atoms with Crippen LogP contribution in [0.1, 0.15) is 45.1 Å². The van der Waals surface area contributed by atoms with Gasteiger partial charge in [-0.15, -0.1) is 0 Å². The molecule has 2 atom stereocenters. The molecule has 2 amide bonds. The number of hydrogen-bond donors (Lipinski definition) is 3. The Morgan fingerprint density at radius 3 is 2.64 bits per heavy atom. The number of hydrogen-bond acceptors (Lipinski definition) is 2. The number of carbonyl (C=O) groups is 1. The monoisotopic (exact) mass is 304 g/mol. The van der Waals surface area contributed by atoms with Gasteiger partial charge in [-0.3, -0.25) is 0 Å². The molecule has 1 aromatic carbocycles. The molecule has 2 rings (SSSR count). The average molecular weight is 304 g/mol. The number of aliphatic hydroxyl groups excluding tert-OH is 1. The van der Waals surface area contributed by atoms with Crippen LogP contribution in [0.3, 0.4) is 0 Å². The van der Waals surface area contributed by atoms with Gasteiger partial charge in [-0.05, 0) is 30.7 Å². The van der Waals surface area contributed by atoms with Gasteiger partial charge in [-0.2, -0.15) is 0 Å². The van der Waals surface area contributed by atoms with Gasteiger partial charge >= 0.3 is 6.03 Å². The van der Waals surface area contributed by atoms with E-state index < -0.39 is 0 Å². The fourth-order valence-corrected chi connectivity index (χ4v) is 3.04. The lowest BCUT2D eigenvalue weighted by Gasteiger charge is -2.27. The molecule has 122 valence electrons. The van der Waals surface area contributed by atoms with Gasteiger partial charge in [0.05, 0.1) is 6.10 Å². The molecule has 0 saturated heterocycles. The van der Waals surface area contributed by atoms with E-state index >= 15 is 0 Å². The Kier molecular flexibility index (Phi) is 5.83. The highest BCUT2D eigenvalue weighted by atomic mass is 16.3. The first kappa shape index (κ1) is 16.8. The van der Waals surface area contributed by atoms with Gasteiger partial charge in [-0.1, -0.05) is 50.6 Å². The Morgan fingerprint density at radius 2 is 1.95 bits per heavy atom. The summed E-state index contributed by atoms with van der Waals surface area (Å²) in [7, 11) is 0. The average Bonchev–Trinajstić information content (AvgIpc) is 2.52. The summed E-state index contributed by atoms with van der Waals surface area (Å²) < 4.78 is 0. The highest BCUT2D eigenvalue weighted by Gasteiger charge is 2.22. The predicted octanol–water partition coefficient (Wildman–Crippen LogP) is 2.81. The van der Waals surface area contributed by atoms with Crippen LogP contribution in [0.25, 0.3) is 0 Å². The summed E-state index contributed by atoms with van der Waals surface area (Å²) in [5, 5.41) is 15.5. The third kappa shape index (κ3) is 5.02. The lowest BCUT2D eigenvalue weighted by atomic mass is 9.85. The smallest absolute Gasteiger partial charge is 0.314 e. The van der Waals surface area contributed by atoms with Crippen molar-refractivity contribution in [3.8, 4) is 0 Å². The van der Waals surface area contributed by atoms with Crippen molar-refractivity contribution in [3.05, 3.63) is 35.9 Å². The number of benzene rings is 1. The van der Waals surface area contributed by atoms with Crippen molar-refractivity contribution in [2.24, 2.45) is 5.92 Å². The van der Waals surface area contributed by atoms with Crippen LogP contribution in [0.15, 0.2) is 30.3 Å². The van der Waals surface area contributed by atoms with Gasteiger partial charge in [0.1, 0.15) is 0 Å². The van der Waals surface area contributed by atoms with Crippen molar-refractivity contribution in [2.45, 2.75) is 51.0 Å². The fourth-order valence-electron chi connectivity index (χ4n) is 3.04. The number of nitrogens with one attached hydrogen (secondary N) is 2. The Morgan fingerprint density at radius 1 is 1.23 bits per heavy atom. The van der Waals surface area contributed by atoms with Gasteiger partial charge in [0.2, 0.25) is 0 Å².